The van der Waals surface area contributed by atoms with Crippen molar-refractivity contribution in [3.05, 3.63) is 42.9 Å². The van der Waals surface area contributed by atoms with Gasteiger partial charge in [-0.3, -0.25) is 9.99 Å². The predicted octanol–water partition coefficient (Wildman–Crippen LogP) is 1.99. The van der Waals surface area contributed by atoms with Gasteiger partial charge < -0.3 is 20.1 Å². The molecule has 4 N–H and O–H groups in total. The highest BCUT2D eigenvalue weighted by molar-refractivity contribution is 5.88. The SMILES string of the molecule is CC(C)n1cnc2c(Nc3cnc4ccccc4c3)nc(N(CCO)NCCO)nc21. The molecule has 1 aromatic carbocycles. The highest BCUT2D eigenvalue weighted by Gasteiger charge is 2.18. The fraction of sp³-hybridized carbons (Fsp3) is 0.333. The number of pyridine rings is 1. The molecular formula is C21H26N8O2. The first-order valence-corrected chi connectivity index (χ1v) is 10.2. The summed E-state index contributed by atoms with van der Waals surface area (Å²) >= 11 is 0. The second-order valence-electron chi connectivity index (χ2n) is 7.34. The van der Waals surface area contributed by atoms with Crippen LogP contribution in [0.4, 0.5) is 17.5 Å². The molecule has 0 aliphatic heterocycles. The van der Waals surface area contributed by atoms with Gasteiger partial charge in [0.1, 0.15) is 0 Å². The molecular weight excluding hydrogens is 396 g/mol. The standard InChI is InChI=1S/C21H26N8O2/c1-14(2)28-13-23-18-19(25-16-11-15-5-3-4-6-17(15)22-12-16)26-21(27-20(18)28)29(8-10-31)24-7-9-30/h3-6,11-14,24,30-31H,7-10H2,1-2H3,(H,25,26,27). The second kappa shape index (κ2) is 9.21. The molecule has 4 rings (SSSR count). The van der Waals surface area contributed by atoms with Gasteiger partial charge in [-0.05, 0) is 26.0 Å². The number of fused-ring (bicyclic) bond motifs is 2. The molecule has 0 bridgehead atoms. The van der Waals surface area contributed by atoms with Crippen LogP contribution in [0.5, 0.6) is 0 Å². The number of aliphatic hydroxyl groups excluding tert-OH is 2. The van der Waals surface area contributed by atoms with Crippen LogP contribution in [0.3, 0.4) is 0 Å². The molecule has 0 saturated heterocycles. The zero-order valence-electron chi connectivity index (χ0n) is 17.5. The third-order valence-corrected chi connectivity index (χ3v) is 4.80. The summed E-state index contributed by atoms with van der Waals surface area (Å²) in [6.45, 7) is 4.53. The lowest BCUT2D eigenvalue weighted by atomic mass is 10.2. The maximum Gasteiger partial charge on any atom is 0.244 e. The van der Waals surface area contributed by atoms with Crippen LogP contribution in [0.1, 0.15) is 19.9 Å². The van der Waals surface area contributed by atoms with Crippen LogP contribution in [0, 0.1) is 0 Å². The van der Waals surface area contributed by atoms with Gasteiger partial charge in [-0.15, -0.1) is 0 Å². The number of aromatic nitrogens is 5. The Morgan fingerprint density at radius 3 is 2.71 bits per heavy atom. The maximum atomic E-state index is 9.48. The third-order valence-electron chi connectivity index (χ3n) is 4.80. The van der Waals surface area contributed by atoms with Crippen molar-refractivity contribution in [1.29, 1.82) is 0 Å². The van der Waals surface area contributed by atoms with Gasteiger partial charge in [0.05, 0.1) is 43.5 Å². The van der Waals surface area contributed by atoms with Crippen molar-refractivity contribution in [2.24, 2.45) is 0 Å². The second-order valence-corrected chi connectivity index (χ2v) is 7.34. The summed E-state index contributed by atoms with van der Waals surface area (Å²) in [5.41, 5.74) is 6.03. The van der Waals surface area contributed by atoms with Gasteiger partial charge in [0.25, 0.3) is 0 Å². The smallest absolute Gasteiger partial charge is 0.244 e. The third kappa shape index (κ3) is 4.41. The monoisotopic (exact) mass is 422 g/mol. The molecule has 0 aliphatic carbocycles. The van der Waals surface area contributed by atoms with Gasteiger partial charge in [0.15, 0.2) is 17.0 Å². The molecule has 0 atom stereocenters. The minimum atomic E-state index is -0.0966. The molecule has 0 fully saturated rings. The zero-order chi connectivity index (χ0) is 21.8. The van der Waals surface area contributed by atoms with Crippen LogP contribution in [0.25, 0.3) is 22.1 Å². The Hall–Kier alpha value is -3.34. The molecule has 0 spiro atoms. The van der Waals surface area contributed by atoms with E-state index in [1.807, 2.05) is 34.9 Å². The van der Waals surface area contributed by atoms with Crippen molar-refractivity contribution < 1.29 is 10.2 Å². The molecule has 3 aromatic heterocycles. The van der Waals surface area contributed by atoms with Crippen LogP contribution >= 0.6 is 0 Å². The van der Waals surface area contributed by atoms with E-state index >= 15 is 0 Å². The van der Waals surface area contributed by atoms with Crippen molar-refractivity contribution >= 4 is 39.5 Å². The average Bonchev–Trinajstić information content (AvgIpc) is 3.21. The normalized spacial score (nSPS) is 11.5. The molecule has 0 aliphatic rings. The topological polar surface area (TPSA) is 124 Å². The molecule has 4 aromatic rings. The number of anilines is 3. The fourth-order valence-corrected chi connectivity index (χ4v) is 3.30. The van der Waals surface area contributed by atoms with Gasteiger partial charge in [-0.25, -0.2) is 10.4 Å². The highest BCUT2D eigenvalue weighted by atomic mass is 16.3. The molecule has 10 nitrogen and oxygen atoms in total. The number of rotatable bonds is 9. The van der Waals surface area contributed by atoms with E-state index in [9.17, 15) is 10.2 Å². The summed E-state index contributed by atoms with van der Waals surface area (Å²) in [5.74, 6) is 0.902. The van der Waals surface area contributed by atoms with Crippen LogP contribution in [-0.2, 0) is 0 Å². The van der Waals surface area contributed by atoms with Crippen molar-refractivity contribution in [2.45, 2.75) is 19.9 Å². The van der Waals surface area contributed by atoms with E-state index in [-0.39, 0.29) is 25.8 Å². The largest absolute Gasteiger partial charge is 0.395 e. The molecule has 162 valence electrons. The van der Waals surface area contributed by atoms with E-state index in [2.05, 4.69) is 44.5 Å². The van der Waals surface area contributed by atoms with Crippen LogP contribution in [0.2, 0.25) is 0 Å². The van der Waals surface area contributed by atoms with Crippen molar-refractivity contribution in [1.82, 2.24) is 29.9 Å². The van der Waals surface area contributed by atoms with Crippen molar-refractivity contribution in [2.75, 3.05) is 36.6 Å². The van der Waals surface area contributed by atoms with Crippen LogP contribution < -0.4 is 15.8 Å². The van der Waals surface area contributed by atoms with Gasteiger partial charge >= 0.3 is 0 Å². The van der Waals surface area contributed by atoms with E-state index < -0.39 is 0 Å². The number of nitrogens with zero attached hydrogens (tertiary/aromatic N) is 6. The molecule has 0 amide bonds. The van der Waals surface area contributed by atoms with Gasteiger partial charge in [-0.1, -0.05) is 18.2 Å². The van der Waals surface area contributed by atoms with Crippen LogP contribution in [-0.4, -0.2) is 61.0 Å². The Morgan fingerprint density at radius 2 is 1.94 bits per heavy atom. The molecule has 10 heteroatoms. The quantitative estimate of drug-likeness (QED) is 0.300. The van der Waals surface area contributed by atoms with E-state index in [1.165, 1.54) is 0 Å². The Morgan fingerprint density at radius 1 is 1.10 bits per heavy atom. The van der Waals surface area contributed by atoms with E-state index in [0.29, 0.717) is 29.5 Å². The number of benzene rings is 1. The summed E-state index contributed by atoms with van der Waals surface area (Å²) in [5, 5.41) is 24.6. The summed E-state index contributed by atoms with van der Waals surface area (Å²) in [4.78, 5) is 18.4. The van der Waals surface area contributed by atoms with Crippen molar-refractivity contribution in [3.63, 3.8) is 0 Å². The van der Waals surface area contributed by atoms with E-state index in [1.54, 1.807) is 17.5 Å². The zero-order valence-corrected chi connectivity index (χ0v) is 17.5. The maximum absolute atomic E-state index is 9.48. The number of hydrogen-bond donors (Lipinski definition) is 4. The number of hydrazine groups is 1. The number of para-hydroxylation sites is 1. The lowest BCUT2D eigenvalue weighted by Gasteiger charge is -2.23. The number of aliphatic hydroxyl groups is 2. The highest BCUT2D eigenvalue weighted by Crippen LogP contribution is 2.27. The minimum absolute atomic E-state index is 0.0536. The number of hydrogen-bond acceptors (Lipinski definition) is 9. The number of nitrogens with one attached hydrogen (secondary N) is 2. The fourth-order valence-electron chi connectivity index (χ4n) is 3.30. The van der Waals surface area contributed by atoms with E-state index in [0.717, 1.165) is 16.6 Å². The van der Waals surface area contributed by atoms with Crippen LogP contribution in [0.15, 0.2) is 42.9 Å². The Kier molecular flexibility index (Phi) is 6.21. The number of imidazole rings is 1. The first-order valence-electron chi connectivity index (χ1n) is 10.2. The summed E-state index contributed by atoms with van der Waals surface area (Å²) in [6, 6.07) is 10.0. The summed E-state index contributed by atoms with van der Waals surface area (Å²) in [7, 11) is 0. The lowest BCUT2D eigenvalue weighted by Crippen LogP contribution is -2.42. The van der Waals surface area contributed by atoms with E-state index in [4.69, 9.17) is 0 Å². The predicted molar refractivity (Wildman–Crippen MR) is 120 cm³/mol. The summed E-state index contributed by atoms with van der Waals surface area (Å²) < 4.78 is 1.97. The lowest BCUT2D eigenvalue weighted by molar-refractivity contribution is 0.275. The summed E-state index contributed by atoms with van der Waals surface area (Å²) in [6.07, 6.45) is 3.50. The first-order chi connectivity index (χ1) is 15.1. The molecule has 0 saturated carbocycles. The Bertz CT molecular complexity index is 1180. The van der Waals surface area contributed by atoms with Crippen molar-refractivity contribution in [3.8, 4) is 0 Å². The van der Waals surface area contributed by atoms with Gasteiger partial charge in [-0.2, -0.15) is 9.97 Å². The molecule has 0 unspecified atom stereocenters. The molecule has 0 radical (unpaired) electrons. The molecule has 31 heavy (non-hydrogen) atoms. The van der Waals surface area contributed by atoms with Gasteiger partial charge in [0.2, 0.25) is 5.95 Å². The minimum Gasteiger partial charge on any atom is -0.395 e. The Balaban J connectivity index is 1.79. The van der Waals surface area contributed by atoms with Gasteiger partial charge in [0, 0.05) is 18.0 Å². The first kappa shape index (κ1) is 20.9. The average molecular weight is 422 g/mol. The molecule has 3 heterocycles. The Labute approximate surface area is 179 Å².